The first-order chi connectivity index (χ1) is 13.0. The van der Waals surface area contributed by atoms with E-state index in [4.69, 9.17) is 0 Å². The number of hydrogen-bond acceptors (Lipinski definition) is 5. The van der Waals surface area contributed by atoms with E-state index in [1.165, 1.54) is 6.42 Å². The second kappa shape index (κ2) is 7.06. The van der Waals surface area contributed by atoms with Gasteiger partial charge in [-0.05, 0) is 51.8 Å². The number of nitrogens with one attached hydrogen (secondary N) is 1. The molecular formula is C20H24N6O. The molecule has 1 unspecified atom stereocenters. The number of aryl methyl sites for hydroxylation is 3. The Morgan fingerprint density at radius 2 is 1.85 bits per heavy atom. The van der Waals surface area contributed by atoms with Crippen molar-refractivity contribution in [2.45, 2.75) is 59.0 Å². The minimum absolute atomic E-state index is 0.143. The molecule has 1 aromatic carbocycles. The van der Waals surface area contributed by atoms with Gasteiger partial charge in [0, 0.05) is 18.5 Å². The molecule has 0 radical (unpaired) electrons. The topological polar surface area (TPSA) is 85.6 Å². The van der Waals surface area contributed by atoms with E-state index < -0.39 is 0 Å². The Kier molecular flexibility index (Phi) is 4.59. The average molecular weight is 364 g/mol. The van der Waals surface area contributed by atoms with E-state index in [1.807, 2.05) is 26.8 Å². The molecule has 27 heavy (non-hydrogen) atoms. The zero-order valence-electron chi connectivity index (χ0n) is 16.0. The Hall–Kier alpha value is -2.83. The number of benzene rings is 1. The monoisotopic (exact) mass is 364 g/mol. The molecule has 1 aliphatic heterocycles. The van der Waals surface area contributed by atoms with Crippen molar-refractivity contribution in [3.05, 3.63) is 46.8 Å². The maximum atomic E-state index is 12.8. The molecule has 1 aliphatic rings. The van der Waals surface area contributed by atoms with E-state index in [0.717, 1.165) is 59.9 Å². The van der Waals surface area contributed by atoms with Crippen LogP contribution in [0.4, 0.5) is 0 Å². The van der Waals surface area contributed by atoms with Crippen LogP contribution in [-0.2, 0) is 13.0 Å². The molecule has 1 amide bonds. The highest BCUT2D eigenvalue weighted by atomic mass is 16.1. The summed E-state index contributed by atoms with van der Waals surface area (Å²) in [5, 5.41) is 11.7. The fourth-order valence-electron chi connectivity index (χ4n) is 3.54. The largest absolute Gasteiger partial charge is 0.342 e. The molecule has 2 aromatic heterocycles. The molecule has 0 bridgehead atoms. The molecule has 3 aromatic rings. The van der Waals surface area contributed by atoms with Crippen LogP contribution in [0.25, 0.3) is 11.0 Å². The van der Waals surface area contributed by atoms with Gasteiger partial charge in [0.1, 0.15) is 5.82 Å². The molecule has 0 aliphatic carbocycles. The minimum atomic E-state index is -0.210. The number of nitrogens with zero attached hydrogens (tertiary/aromatic N) is 5. The summed E-state index contributed by atoms with van der Waals surface area (Å²) in [7, 11) is 0. The van der Waals surface area contributed by atoms with Crippen LogP contribution >= 0.6 is 0 Å². The van der Waals surface area contributed by atoms with Crippen LogP contribution in [0.2, 0.25) is 0 Å². The third kappa shape index (κ3) is 3.41. The van der Waals surface area contributed by atoms with Gasteiger partial charge < -0.3 is 9.88 Å². The average Bonchev–Trinajstić information content (AvgIpc) is 2.91. The number of carbonyl (C=O) groups is 1. The maximum Gasteiger partial charge on any atom is 0.251 e. The Morgan fingerprint density at radius 1 is 1.07 bits per heavy atom. The van der Waals surface area contributed by atoms with Gasteiger partial charge in [0.2, 0.25) is 0 Å². The lowest BCUT2D eigenvalue weighted by atomic mass is 10.1. The normalized spacial score (nSPS) is 15.2. The summed E-state index contributed by atoms with van der Waals surface area (Å²) >= 11 is 0. The molecule has 7 nitrogen and oxygen atoms in total. The van der Waals surface area contributed by atoms with Crippen molar-refractivity contribution >= 4 is 16.9 Å². The lowest BCUT2D eigenvalue weighted by Gasteiger charge is -2.15. The van der Waals surface area contributed by atoms with Crippen molar-refractivity contribution in [1.82, 2.24) is 30.0 Å². The summed E-state index contributed by atoms with van der Waals surface area (Å²) in [6.45, 7) is 6.73. The summed E-state index contributed by atoms with van der Waals surface area (Å²) in [6, 6.07) is 5.22. The molecule has 0 saturated carbocycles. The summed E-state index contributed by atoms with van der Waals surface area (Å²) in [5.74, 6) is 1.71. The Balaban J connectivity index is 1.56. The van der Waals surface area contributed by atoms with E-state index in [0.29, 0.717) is 5.56 Å². The van der Waals surface area contributed by atoms with E-state index in [2.05, 4.69) is 30.0 Å². The maximum absolute atomic E-state index is 12.8. The molecule has 0 saturated heterocycles. The highest BCUT2D eigenvalue weighted by Crippen LogP contribution is 2.20. The number of hydrogen-bond donors (Lipinski definition) is 1. The molecular weight excluding hydrogens is 340 g/mol. The second-order valence-corrected chi connectivity index (χ2v) is 7.23. The molecule has 140 valence electrons. The van der Waals surface area contributed by atoms with Gasteiger partial charge in [-0.1, -0.05) is 6.42 Å². The van der Waals surface area contributed by atoms with E-state index in [-0.39, 0.29) is 11.9 Å². The van der Waals surface area contributed by atoms with Gasteiger partial charge in [0.15, 0.2) is 5.82 Å². The number of fused-ring (bicyclic) bond motifs is 2. The minimum Gasteiger partial charge on any atom is -0.342 e. The lowest BCUT2D eigenvalue weighted by molar-refractivity contribution is 0.0937. The highest BCUT2D eigenvalue weighted by molar-refractivity contribution is 5.97. The van der Waals surface area contributed by atoms with Crippen LogP contribution in [0.3, 0.4) is 0 Å². The van der Waals surface area contributed by atoms with Crippen LogP contribution in [0, 0.1) is 13.8 Å². The Morgan fingerprint density at radius 3 is 2.67 bits per heavy atom. The second-order valence-electron chi connectivity index (χ2n) is 7.23. The standard InChI is InChI=1S/C20H24N6O/c1-12-13(2)22-17-11-15(8-9-16(17)21-12)20(27)23-14(3)19-25-24-18-7-5-4-6-10-26(18)19/h8-9,11,14H,4-7,10H2,1-3H3,(H,23,27). The van der Waals surface area contributed by atoms with Gasteiger partial charge in [-0.3, -0.25) is 4.79 Å². The summed E-state index contributed by atoms with van der Waals surface area (Å²) in [6.07, 6.45) is 4.44. The van der Waals surface area contributed by atoms with Crippen LogP contribution in [0.5, 0.6) is 0 Å². The molecule has 1 N–H and O–H groups in total. The zero-order valence-corrected chi connectivity index (χ0v) is 16.0. The third-order valence-corrected chi connectivity index (χ3v) is 5.21. The predicted octanol–water partition coefficient (Wildman–Crippen LogP) is 3.06. The summed E-state index contributed by atoms with van der Waals surface area (Å²) in [4.78, 5) is 21.8. The van der Waals surface area contributed by atoms with Crippen LogP contribution in [0.15, 0.2) is 18.2 Å². The van der Waals surface area contributed by atoms with Gasteiger partial charge in [-0.2, -0.15) is 0 Å². The third-order valence-electron chi connectivity index (χ3n) is 5.21. The SMILES string of the molecule is Cc1nc2ccc(C(=O)NC(C)c3nnc4n3CCCCC4)cc2nc1C. The Bertz CT molecular complexity index is 1010. The predicted molar refractivity (Wildman–Crippen MR) is 102 cm³/mol. The smallest absolute Gasteiger partial charge is 0.251 e. The number of rotatable bonds is 3. The van der Waals surface area contributed by atoms with Gasteiger partial charge in [0.05, 0.1) is 28.5 Å². The quantitative estimate of drug-likeness (QED) is 0.772. The lowest BCUT2D eigenvalue weighted by Crippen LogP contribution is -2.29. The van der Waals surface area contributed by atoms with Gasteiger partial charge in [-0.15, -0.1) is 10.2 Å². The summed E-state index contributed by atoms with van der Waals surface area (Å²) in [5.41, 5.74) is 3.88. The Labute approximate surface area is 158 Å². The summed E-state index contributed by atoms with van der Waals surface area (Å²) < 4.78 is 2.16. The van der Waals surface area contributed by atoms with Crippen molar-refractivity contribution in [2.24, 2.45) is 0 Å². The molecule has 3 heterocycles. The fourth-order valence-corrected chi connectivity index (χ4v) is 3.54. The first kappa shape index (κ1) is 17.6. The van der Waals surface area contributed by atoms with Crippen molar-refractivity contribution in [3.63, 3.8) is 0 Å². The van der Waals surface area contributed by atoms with Gasteiger partial charge >= 0.3 is 0 Å². The van der Waals surface area contributed by atoms with Crippen molar-refractivity contribution < 1.29 is 4.79 Å². The number of carbonyl (C=O) groups excluding carboxylic acids is 1. The number of amides is 1. The molecule has 0 spiro atoms. The van der Waals surface area contributed by atoms with Crippen molar-refractivity contribution in [2.75, 3.05) is 0 Å². The molecule has 1 atom stereocenters. The van der Waals surface area contributed by atoms with Gasteiger partial charge in [-0.25, -0.2) is 9.97 Å². The van der Waals surface area contributed by atoms with E-state index in [9.17, 15) is 4.79 Å². The van der Waals surface area contributed by atoms with E-state index >= 15 is 0 Å². The molecule has 0 fully saturated rings. The fraction of sp³-hybridized carbons (Fsp3) is 0.450. The van der Waals surface area contributed by atoms with Crippen LogP contribution < -0.4 is 5.32 Å². The van der Waals surface area contributed by atoms with Crippen molar-refractivity contribution in [3.8, 4) is 0 Å². The molecule has 7 heteroatoms. The van der Waals surface area contributed by atoms with Gasteiger partial charge in [0.25, 0.3) is 5.91 Å². The van der Waals surface area contributed by atoms with Crippen LogP contribution in [-0.4, -0.2) is 30.6 Å². The van der Waals surface area contributed by atoms with E-state index in [1.54, 1.807) is 12.1 Å². The highest BCUT2D eigenvalue weighted by Gasteiger charge is 2.21. The first-order valence-corrected chi connectivity index (χ1v) is 9.51. The number of aromatic nitrogens is 5. The molecule has 4 rings (SSSR count). The van der Waals surface area contributed by atoms with Crippen molar-refractivity contribution in [1.29, 1.82) is 0 Å². The first-order valence-electron chi connectivity index (χ1n) is 9.51. The van der Waals surface area contributed by atoms with Crippen LogP contribution in [0.1, 0.15) is 65.6 Å². The zero-order chi connectivity index (χ0) is 19.0.